The second kappa shape index (κ2) is 5.53. The highest BCUT2D eigenvalue weighted by Crippen LogP contribution is 2.52. The van der Waals surface area contributed by atoms with Crippen molar-refractivity contribution < 1.29 is 14.7 Å². The van der Waals surface area contributed by atoms with Crippen molar-refractivity contribution in [1.82, 2.24) is 0 Å². The molecule has 1 N–H and O–H groups in total. The first kappa shape index (κ1) is 15.3. The summed E-state index contributed by atoms with van der Waals surface area (Å²) < 4.78 is 0. The molecular weight excluding hydrogens is 276 g/mol. The van der Waals surface area contributed by atoms with Crippen LogP contribution in [-0.4, -0.2) is 16.7 Å². The molecule has 0 aromatic heterocycles. The summed E-state index contributed by atoms with van der Waals surface area (Å²) in [6.45, 7) is 4.09. The first-order valence-corrected chi connectivity index (χ1v) is 8.26. The van der Waals surface area contributed by atoms with Crippen molar-refractivity contribution in [2.75, 3.05) is 0 Å². The quantitative estimate of drug-likeness (QED) is 0.928. The molecule has 3 unspecified atom stereocenters. The van der Waals surface area contributed by atoms with Crippen LogP contribution in [0.4, 0.5) is 0 Å². The maximum absolute atomic E-state index is 12.4. The Morgan fingerprint density at radius 1 is 1.27 bits per heavy atom. The lowest BCUT2D eigenvalue weighted by Gasteiger charge is -2.39. The predicted molar refractivity (Wildman–Crippen MR) is 84.7 cm³/mol. The molecule has 2 saturated carbocycles. The zero-order valence-corrected chi connectivity index (χ0v) is 13.4. The van der Waals surface area contributed by atoms with E-state index in [0.29, 0.717) is 24.4 Å². The van der Waals surface area contributed by atoms with Gasteiger partial charge in [-0.05, 0) is 61.8 Å². The standard InChI is InChI=1S/C19H24O3/c1-12-3-5-14(20)11-13(12)4-6-15-16-7-8-18(22)19(16,2)10-9-17(15)21/h3,5,11,15-16,20H,4,6-10H2,1-2H3. The van der Waals surface area contributed by atoms with Crippen LogP contribution in [0.15, 0.2) is 18.2 Å². The van der Waals surface area contributed by atoms with Crippen molar-refractivity contribution in [2.45, 2.75) is 52.4 Å². The van der Waals surface area contributed by atoms with Gasteiger partial charge in [0.1, 0.15) is 17.3 Å². The number of hydrogen-bond donors (Lipinski definition) is 1. The summed E-state index contributed by atoms with van der Waals surface area (Å²) >= 11 is 0. The van der Waals surface area contributed by atoms with Crippen molar-refractivity contribution in [3.05, 3.63) is 29.3 Å². The molecule has 2 aliphatic carbocycles. The Morgan fingerprint density at radius 2 is 2.05 bits per heavy atom. The Balaban J connectivity index is 1.77. The summed E-state index contributed by atoms with van der Waals surface area (Å²) in [5.41, 5.74) is 1.97. The van der Waals surface area contributed by atoms with E-state index in [4.69, 9.17) is 0 Å². The summed E-state index contributed by atoms with van der Waals surface area (Å²) in [6.07, 6.45) is 4.36. The second-order valence-corrected chi connectivity index (χ2v) is 7.21. The molecule has 2 fully saturated rings. The number of ketones is 2. The zero-order chi connectivity index (χ0) is 15.9. The SMILES string of the molecule is Cc1ccc(O)cc1CCC1C(=O)CCC2(C)C(=O)CCC12. The lowest BCUT2D eigenvalue weighted by Crippen LogP contribution is -2.42. The number of phenols is 1. The number of aromatic hydroxyl groups is 1. The minimum absolute atomic E-state index is 0.00643. The van der Waals surface area contributed by atoms with Gasteiger partial charge in [-0.15, -0.1) is 0 Å². The molecule has 0 aliphatic heterocycles. The molecule has 0 amide bonds. The predicted octanol–water partition coefficient (Wildman–Crippen LogP) is 3.60. The smallest absolute Gasteiger partial charge is 0.139 e. The molecule has 3 nitrogen and oxygen atoms in total. The normalized spacial score (nSPS) is 31.4. The minimum Gasteiger partial charge on any atom is -0.508 e. The van der Waals surface area contributed by atoms with E-state index in [1.165, 1.54) is 0 Å². The van der Waals surface area contributed by atoms with E-state index in [0.717, 1.165) is 36.8 Å². The van der Waals surface area contributed by atoms with Gasteiger partial charge in [0.25, 0.3) is 0 Å². The first-order chi connectivity index (χ1) is 10.4. The number of hydrogen-bond acceptors (Lipinski definition) is 3. The minimum atomic E-state index is -0.271. The summed E-state index contributed by atoms with van der Waals surface area (Å²) in [5, 5.41) is 9.64. The molecule has 0 radical (unpaired) electrons. The highest BCUT2D eigenvalue weighted by atomic mass is 16.3. The van der Waals surface area contributed by atoms with Crippen LogP contribution >= 0.6 is 0 Å². The number of benzene rings is 1. The van der Waals surface area contributed by atoms with E-state index < -0.39 is 0 Å². The molecule has 0 bridgehead atoms. The molecule has 0 saturated heterocycles. The third kappa shape index (κ3) is 2.47. The van der Waals surface area contributed by atoms with E-state index in [1.807, 2.05) is 13.0 Å². The Bertz CT molecular complexity index is 619. The van der Waals surface area contributed by atoms with Gasteiger partial charge in [0.05, 0.1) is 0 Å². The molecule has 118 valence electrons. The topological polar surface area (TPSA) is 54.4 Å². The van der Waals surface area contributed by atoms with Gasteiger partial charge in [-0.1, -0.05) is 13.0 Å². The summed E-state index contributed by atoms with van der Waals surface area (Å²) in [6, 6.07) is 5.40. The average Bonchev–Trinajstić information content (AvgIpc) is 2.78. The third-order valence-electron chi connectivity index (χ3n) is 5.99. The fourth-order valence-corrected chi connectivity index (χ4v) is 4.46. The maximum Gasteiger partial charge on any atom is 0.139 e. The van der Waals surface area contributed by atoms with Gasteiger partial charge in [0.15, 0.2) is 0 Å². The summed E-state index contributed by atoms with van der Waals surface area (Å²) in [5.74, 6) is 1.18. The van der Waals surface area contributed by atoms with Crippen LogP contribution in [0.1, 0.15) is 50.2 Å². The number of phenolic OH excluding ortho intramolecular Hbond substituents is 1. The van der Waals surface area contributed by atoms with Gasteiger partial charge in [0.2, 0.25) is 0 Å². The number of fused-ring (bicyclic) bond motifs is 1. The van der Waals surface area contributed by atoms with Gasteiger partial charge < -0.3 is 5.11 Å². The van der Waals surface area contributed by atoms with Gasteiger partial charge in [-0.3, -0.25) is 9.59 Å². The molecule has 22 heavy (non-hydrogen) atoms. The van der Waals surface area contributed by atoms with Crippen LogP contribution in [0.3, 0.4) is 0 Å². The van der Waals surface area contributed by atoms with Crippen LogP contribution < -0.4 is 0 Å². The maximum atomic E-state index is 12.4. The Hall–Kier alpha value is -1.64. The van der Waals surface area contributed by atoms with Crippen molar-refractivity contribution in [1.29, 1.82) is 0 Å². The van der Waals surface area contributed by atoms with Gasteiger partial charge in [0, 0.05) is 24.2 Å². The first-order valence-electron chi connectivity index (χ1n) is 8.26. The second-order valence-electron chi connectivity index (χ2n) is 7.21. The Kier molecular flexibility index (Phi) is 3.84. The number of carbonyl (C=O) groups excluding carboxylic acids is 2. The van der Waals surface area contributed by atoms with Gasteiger partial charge in [-0.25, -0.2) is 0 Å². The van der Waals surface area contributed by atoms with Crippen molar-refractivity contribution in [3.8, 4) is 5.75 Å². The average molecular weight is 300 g/mol. The number of rotatable bonds is 3. The van der Waals surface area contributed by atoms with E-state index in [1.54, 1.807) is 12.1 Å². The van der Waals surface area contributed by atoms with Crippen molar-refractivity contribution >= 4 is 11.6 Å². The molecular formula is C19H24O3. The van der Waals surface area contributed by atoms with Crippen LogP contribution in [-0.2, 0) is 16.0 Å². The van der Waals surface area contributed by atoms with E-state index in [9.17, 15) is 14.7 Å². The van der Waals surface area contributed by atoms with E-state index >= 15 is 0 Å². The summed E-state index contributed by atoms with van der Waals surface area (Å²) in [7, 11) is 0. The Morgan fingerprint density at radius 3 is 2.82 bits per heavy atom. The lowest BCUT2D eigenvalue weighted by atomic mass is 9.62. The van der Waals surface area contributed by atoms with Crippen molar-refractivity contribution in [2.24, 2.45) is 17.3 Å². The Labute approximate surface area is 131 Å². The van der Waals surface area contributed by atoms with Gasteiger partial charge >= 0.3 is 0 Å². The monoisotopic (exact) mass is 300 g/mol. The van der Waals surface area contributed by atoms with Crippen LogP contribution in [0.2, 0.25) is 0 Å². The van der Waals surface area contributed by atoms with Gasteiger partial charge in [-0.2, -0.15) is 0 Å². The number of Topliss-reactive ketones (excluding diaryl/α,β-unsaturated/α-hetero) is 2. The fourth-order valence-electron chi connectivity index (χ4n) is 4.46. The third-order valence-corrected chi connectivity index (χ3v) is 5.99. The number of carbonyl (C=O) groups is 2. The molecule has 0 heterocycles. The molecule has 1 aromatic carbocycles. The number of aryl methyl sites for hydroxylation is 2. The highest BCUT2D eigenvalue weighted by Gasteiger charge is 2.53. The molecule has 3 atom stereocenters. The largest absolute Gasteiger partial charge is 0.508 e. The molecule has 3 heteroatoms. The van der Waals surface area contributed by atoms with Crippen molar-refractivity contribution in [3.63, 3.8) is 0 Å². The lowest BCUT2D eigenvalue weighted by molar-refractivity contribution is -0.136. The molecule has 0 spiro atoms. The highest BCUT2D eigenvalue weighted by molar-refractivity contribution is 5.92. The molecule has 1 aromatic rings. The van der Waals surface area contributed by atoms with Crippen LogP contribution in [0.25, 0.3) is 0 Å². The van der Waals surface area contributed by atoms with E-state index in [-0.39, 0.29) is 23.0 Å². The summed E-state index contributed by atoms with van der Waals surface area (Å²) in [4.78, 5) is 24.6. The van der Waals surface area contributed by atoms with E-state index in [2.05, 4.69) is 6.92 Å². The molecule has 3 rings (SSSR count). The van der Waals surface area contributed by atoms with Crippen LogP contribution in [0, 0.1) is 24.2 Å². The molecule has 2 aliphatic rings. The fraction of sp³-hybridized carbons (Fsp3) is 0.579. The zero-order valence-electron chi connectivity index (χ0n) is 13.4. The van der Waals surface area contributed by atoms with Crippen LogP contribution in [0.5, 0.6) is 5.75 Å².